The van der Waals surface area contributed by atoms with Crippen molar-refractivity contribution in [2.24, 2.45) is 11.8 Å². The number of Topliss-reactive ketones (excluding diaryl/α,β-unsaturated/α-hetero) is 1. The largest absolute Gasteiger partial charge is 0.334 e. The van der Waals surface area contributed by atoms with Crippen LogP contribution in [0.3, 0.4) is 0 Å². The fourth-order valence-electron chi connectivity index (χ4n) is 5.67. The van der Waals surface area contributed by atoms with E-state index in [1.165, 1.54) is 0 Å². The number of carbonyl (C=O) groups excluding carboxylic acids is 3. The van der Waals surface area contributed by atoms with Gasteiger partial charge in [-0.1, -0.05) is 121 Å². The first-order valence-electron chi connectivity index (χ1n) is 14.3. The van der Waals surface area contributed by atoms with E-state index in [2.05, 4.69) is 0 Å². The van der Waals surface area contributed by atoms with Gasteiger partial charge in [-0.2, -0.15) is 0 Å². The lowest BCUT2D eigenvalue weighted by Crippen LogP contribution is -2.47. The van der Waals surface area contributed by atoms with Gasteiger partial charge in [0.1, 0.15) is 5.78 Å². The minimum absolute atomic E-state index is 0.0458. The van der Waals surface area contributed by atoms with Crippen molar-refractivity contribution in [3.05, 3.63) is 144 Å². The molecule has 5 rings (SSSR count). The monoisotopic (exact) mass is 544 g/mol. The molecule has 2 atom stereocenters. The Balaban J connectivity index is 1.43. The molecule has 5 nitrogen and oxygen atoms in total. The molecular weight excluding hydrogens is 508 g/mol. The van der Waals surface area contributed by atoms with Crippen LogP contribution in [0.5, 0.6) is 0 Å². The Morgan fingerprint density at radius 2 is 0.829 bits per heavy atom. The van der Waals surface area contributed by atoms with Crippen LogP contribution in [0.15, 0.2) is 121 Å². The van der Waals surface area contributed by atoms with E-state index in [-0.39, 0.29) is 24.0 Å². The van der Waals surface area contributed by atoms with Gasteiger partial charge in [0.2, 0.25) is 11.8 Å². The third-order valence-corrected chi connectivity index (χ3v) is 7.79. The lowest BCUT2D eigenvalue weighted by molar-refractivity contribution is -0.151. The zero-order valence-electron chi connectivity index (χ0n) is 23.3. The van der Waals surface area contributed by atoms with Crippen molar-refractivity contribution in [2.45, 2.75) is 45.4 Å². The summed E-state index contributed by atoms with van der Waals surface area (Å²) in [6, 6.07) is 39.6. The van der Waals surface area contributed by atoms with Gasteiger partial charge in [0.05, 0.1) is 11.8 Å². The molecule has 0 saturated heterocycles. The molecule has 41 heavy (non-hydrogen) atoms. The van der Waals surface area contributed by atoms with Crippen LogP contribution in [-0.2, 0) is 40.6 Å². The van der Waals surface area contributed by atoms with E-state index < -0.39 is 11.8 Å². The molecule has 0 bridgehead atoms. The Morgan fingerprint density at radius 1 is 0.512 bits per heavy atom. The minimum atomic E-state index is -0.690. The van der Waals surface area contributed by atoms with E-state index in [4.69, 9.17) is 0 Å². The molecule has 5 heteroatoms. The number of nitrogens with zero attached hydrogens (tertiary/aromatic N) is 2. The van der Waals surface area contributed by atoms with E-state index in [1.54, 1.807) is 0 Å². The van der Waals surface area contributed by atoms with Crippen LogP contribution in [0.2, 0.25) is 0 Å². The lowest BCUT2D eigenvalue weighted by Gasteiger charge is -2.36. The summed E-state index contributed by atoms with van der Waals surface area (Å²) in [7, 11) is 0. The normalized spacial score (nSPS) is 16.6. The summed E-state index contributed by atoms with van der Waals surface area (Å²) >= 11 is 0. The van der Waals surface area contributed by atoms with E-state index in [9.17, 15) is 14.4 Å². The smallest absolute Gasteiger partial charge is 0.227 e. The van der Waals surface area contributed by atoms with Gasteiger partial charge < -0.3 is 9.80 Å². The molecule has 0 radical (unpaired) electrons. The predicted octanol–water partition coefficient (Wildman–Crippen LogP) is 6.43. The van der Waals surface area contributed by atoms with Crippen molar-refractivity contribution in [1.29, 1.82) is 0 Å². The van der Waals surface area contributed by atoms with Crippen molar-refractivity contribution in [3.8, 4) is 0 Å². The third kappa shape index (κ3) is 7.57. The molecule has 2 unspecified atom stereocenters. The second-order valence-corrected chi connectivity index (χ2v) is 10.8. The quantitative estimate of drug-likeness (QED) is 0.231. The molecule has 0 N–H and O–H groups in total. The van der Waals surface area contributed by atoms with Crippen molar-refractivity contribution < 1.29 is 14.4 Å². The van der Waals surface area contributed by atoms with Crippen LogP contribution < -0.4 is 0 Å². The Bertz CT molecular complexity index is 1340. The lowest BCUT2D eigenvalue weighted by atomic mass is 9.76. The van der Waals surface area contributed by atoms with Crippen LogP contribution in [0.4, 0.5) is 0 Å². The number of ketones is 1. The molecular formula is C36H36N2O3. The average Bonchev–Trinajstić information content (AvgIpc) is 3.02. The number of amides is 2. The number of benzene rings is 4. The molecule has 1 aliphatic rings. The molecule has 4 aromatic carbocycles. The SMILES string of the molecule is O=C1CCC(C(=O)N(Cc2ccccc2)Cc2ccccc2)C(C(=O)N(Cc2ccccc2)Cc2ccccc2)C1. The fraction of sp³-hybridized carbons (Fsp3) is 0.250. The number of hydrogen-bond donors (Lipinski definition) is 0. The first kappa shape index (κ1) is 28.0. The van der Waals surface area contributed by atoms with Crippen LogP contribution in [0, 0.1) is 11.8 Å². The molecule has 0 spiro atoms. The Kier molecular flexibility index (Phi) is 9.37. The minimum Gasteiger partial charge on any atom is -0.334 e. The van der Waals surface area contributed by atoms with E-state index in [1.807, 2.05) is 131 Å². The number of carbonyl (C=O) groups is 3. The zero-order chi connectivity index (χ0) is 28.4. The van der Waals surface area contributed by atoms with Gasteiger partial charge in [0, 0.05) is 39.0 Å². The Hall–Kier alpha value is -4.51. The van der Waals surface area contributed by atoms with Gasteiger partial charge >= 0.3 is 0 Å². The highest BCUT2D eigenvalue weighted by molar-refractivity contribution is 5.94. The van der Waals surface area contributed by atoms with Gasteiger partial charge in [0.15, 0.2) is 0 Å². The van der Waals surface area contributed by atoms with E-state index in [0.717, 1.165) is 22.3 Å². The molecule has 1 aliphatic carbocycles. The molecule has 2 amide bonds. The van der Waals surface area contributed by atoms with Crippen LogP contribution in [0.1, 0.15) is 41.5 Å². The second kappa shape index (κ2) is 13.7. The molecule has 208 valence electrons. The summed E-state index contributed by atoms with van der Waals surface area (Å²) in [4.78, 5) is 45.0. The highest BCUT2D eigenvalue weighted by Crippen LogP contribution is 2.33. The molecule has 1 saturated carbocycles. The van der Waals surface area contributed by atoms with Gasteiger partial charge in [-0.15, -0.1) is 0 Å². The van der Waals surface area contributed by atoms with E-state index >= 15 is 0 Å². The van der Waals surface area contributed by atoms with E-state index in [0.29, 0.717) is 39.0 Å². The van der Waals surface area contributed by atoms with Gasteiger partial charge in [0.25, 0.3) is 0 Å². The second-order valence-electron chi connectivity index (χ2n) is 10.8. The summed E-state index contributed by atoms with van der Waals surface area (Å²) in [6.07, 6.45) is 0.806. The van der Waals surface area contributed by atoms with Crippen LogP contribution in [-0.4, -0.2) is 27.4 Å². The number of hydrogen-bond acceptors (Lipinski definition) is 3. The highest BCUT2D eigenvalue weighted by Gasteiger charge is 2.42. The zero-order valence-corrected chi connectivity index (χ0v) is 23.3. The maximum absolute atomic E-state index is 14.3. The molecule has 1 fully saturated rings. The average molecular weight is 545 g/mol. The highest BCUT2D eigenvalue weighted by atomic mass is 16.2. The third-order valence-electron chi connectivity index (χ3n) is 7.79. The maximum Gasteiger partial charge on any atom is 0.227 e. The molecule has 0 aliphatic heterocycles. The van der Waals surface area contributed by atoms with Crippen molar-refractivity contribution >= 4 is 17.6 Å². The van der Waals surface area contributed by atoms with Crippen molar-refractivity contribution in [3.63, 3.8) is 0 Å². The Morgan fingerprint density at radius 3 is 1.17 bits per heavy atom. The topological polar surface area (TPSA) is 57.7 Å². The molecule has 0 aromatic heterocycles. The summed E-state index contributed by atoms with van der Waals surface area (Å²) in [5.41, 5.74) is 4.08. The number of rotatable bonds is 10. The maximum atomic E-state index is 14.3. The van der Waals surface area contributed by atoms with Crippen molar-refractivity contribution in [1.82, 2.24) is 9.80 Å². The predicted molar refractivity (Wildman–Crippen MR) is 160 cm³/mol. The fourth-order valence-corrected chi connectivity index (χ4v) is 5.67. The van der Waals surface area contributed by atoms with Crippen LogP contribution in [0.25, 0.3) is 0 Å². The first-order valence-corrected chi connectivity index (χ1v) is 14.3. The molecule has 4 aromatic rings. The van der Waals surface area contributed by atoms with Crippen LogP contribution >= 0.6 is 0 Å². The van der Waals surface area contributed by atoms with Gasteiger partial charge in [-0.05, 0) is 28.7 Å². The molecule has 0 heterocycles. The first-order chi connectivity index (χ1) is 20.1. The summed E-state index contributed by atoms with van der Waals surface area (Å²) < 4.78 is 0. The van der Waals surface area contributed by atoms with Gasteiger partial charge in [-0.25, -0.2) is 0 Å². The van der Waals surface area contributed by atoms with Crippen molar-refractivity contribution in [2.75, 3.05) is 0 Å². The van der Waals surface area contributed by atoms with Gasteiger partial charge in [-0.3, -0.25) is 14.4 Å². The standard InChI is InChI=1S/C36H36N2O3/c39-32-21-22-33(35(40)37(24-28-13-5-1-6-14-28)25-29-15-7-2-8-16-29)34(23-32)36(41)38(26-30-17-9-3-10-18-30)27-31-19-11-4-12-20-31/h1-20,33-34H,21-27H2. The summed E-state index contributed by atoms with van der Waals surface area (Å²) in [5, 5.41) is 0. The summed E-state index contributed by atoms with van der Waals surface area (Å²) in [6.45, 7) is 1.71. The Labute approximate surface area is 242 Å². The summed E-state index contributed by atoms with van der Waals surface area (Å²) in [5.74, 6) is -1.40.